The highest BCUT2D eigenvalue weighted by molar-refractivity contribution is 5.92. The maximum atomic E-state index is 11.0. The predicted octanol–water partition coefficient (Wildman–Crippen LogP) is 7.20. The molecule has 0 atom stereocenters. The Hall–Kier alpha value is -1.77. The average molecular weight is 388 g/mol. The Kier molecular flexibility index (Phi) is 15.0. The van der Waals surface area contributed by atoms with Gasteiger partial charge in [0.2, 0.25) is 5.91 Å². The summed E-state index contributed by atoms with van der Waals surface area (Å²) >= 11 is 0. The molecule has 0 aliphatic rings. The van der Waals surface area contributed by atoms with Crippen molar-refractivity contribution >= 4 is 5.91 Å². The largest absolute Gasteiger partial charge is 0.494 e. The van der Waals surface area contributed by atoms with E-state index in [1.807, 2.05) is 0 Å². The van der Waals surface area contributed by atoms with Crippen LogP contribution in [0.5, 0.6) is 5.75 Å². The third kappa shape index (κ3) is 13.4. The number of primary amides is 1. The van der Waals surface area contributed by atoms with E-state index in [-0.39, 0.29) is 0 Å². The van der Waals surface area contributed by atoms with Gasteiger partial charge in [0.15, 0.2) is 0 Å². The molecule has 158 valence electrons. The minimum Gasteiger partial charge on any atom is -0.494 e. The van der Waals surface area contributed by atoms with Crippen LogP contribution >= 0.6 is 0 Å². The van der Waals surface area contributed by atoms with Gasteiger partial charge in [-0.2, -0.15) is 0 Å². The van der Waals surface area contributed by atoms with Gasteiger partial charge in [-0.25, -0.2) is 0 Å². The maximum Gasteiger partial charge on any atom is 0.248 e. The van der Waals surface area contributed by atoms with E-state index in [1.165, 1.54) is 83.5 Å². The zero-order chi connectivity index (χ0) is 20.3. The van der Waals surface area contributed by atoms with Gasteiger partial charge >= 0.3 is 0 Å². The molecule has 3 nitrogen and oxygen atoms in total. The van der Waals surface area contributed by atoms with Crippen molar-refractivity contribution in [2.45, 2.75) is 96.8 Å². The first kappa shape index (κ1) is 24.3. The second-order valence-electron chi connectivity index (χ2n) is 7.67. The second kappa shape index (κ2) is 17.3. The topological polar surface area (TPSA) is 52.3 Å². The number of hydrogen-bond donors (Lipinski definition) is 1. The van der Waals surface area contributed by atoms with Gasteiger partial charge in [-0.05, 0) is 56.4 Å². The molecular formula is C25H41NO2. The Bertz CT molecular complexity index is 522. The fourth-order valence-electron chi connectivity index (χ4n) is 3.26. The summed E-state index contributed by atoms with van der Waals surface area (Å²) in [6, 6.07) is 7.03. The molecule has 0 bridgehead atoms. The number of benzene rings is 1. The van der Waals surface area contributed by atoms with Crippen molar-refractivity contribution < 1.29 is 9.53 Å². The summed E-state index contributed by atoms with van der Waals surface area (Å²) in [6.45, 7) is 3.00. The van der Waals surface area contributed by atoms with Crippen LogP contribution in [-0.2, 0) is 0 Å². The molecule has 0 aliphatic heterocycles. The lowest BCUT2D eigenvalue weighted by molar-refractivity contribution is 0.100. The van der Waals surface area contributed by atoms with Crippen molar-refractivity contribution in [3.8, 4) is 5.75 Å². The Morgan fingerprint density at radius 3 is 1.82 bits per heavy atom. The van der Waals surface area contributed by atoms with Gasteiger partial charge in [-0.3, -0.25) is 4.79 Å². The SMILES string of the molecule is CCCCCCCCC=CCCCCCCCCOc1ccc(C(N)=O)cc1. The van der Waals surface area contributed by atoms with E-state index in [9.17, 15) is 4.79 Å². The van der Waals surface area contributed by atoms with Crippen LogP contribution in [0.3, 0.4) is 0 Å². The summed E-state index contributed by atoms with van der Waals surface area (Å²) < 4.78 is 5.70. The van der Waals surface area contributed by atoms with Gasteiger partial charge in [-0.15, -0.1) is 0 Å². The number of hydrogen-bond acceptors (Lipinski definition) is 2. The molecule has 0 aromatic heterocycles. The van der Waals surface area contributed by atoms with Crippen LogP contribution in [0.15, 0.2) is 36.4 Å². The lowest BCUT2D eigenvalue weighted by atomic mass is 10.1. The van der Waals surface area contributed by atoms with E-state index >= 15 is 0 Å². The zero-order valence-corrected chi connectivity index (χ0v) is 18.0. The summed E-state index contributed by atoms with van der Waals surface area (Å²) in [5.41, 5.74) is 5.74. The highest BCUT2D eigenvalue weighted by Crippen LogP contribution is 2.13. The highest BCUT2D eigenvalue weighted by atomic mass is 16.5. The minimum absolute atomic E-state index is 0.403. The summed E-state index contributed by atoms with van der Waals surface area (Å²) in [7, 11) is 0. The van der Waals surface area contributed by atoms with E-state index in [4.69, 9.17) is 10.5 Å². The minimum atomic E-state index is -0.403. The van der Waals surface area contributed by atoms with Gasteiger partial charge < -0.3 is 10.5 Å². The molecule has 1 rings (SSSR count). The van der Waals surface area contributed by atoms with Crippen LogP contribution in [0.2, 0.25) is 0 Å². The van der Waals surface area contributed by atoms with E-state index in [0.29, 0.717) is 5.56 Å². The third-order valence-electron chi connectivity index (χ3n) is 5.06. The molecule has 0 saturated heterocycles. The van der Waals surface area contributed by atoms with Gasteiger partial charge in [0.05, 0.1) is 6.61 Å². The summed E-state index contributed by atoms with van der Waals surface area (Å²) in [4.78, 5) is 11.0. The summed E-state index contributed by atoms with van der Waals surface area (Å²) in [6.07, 6.45) is 23.1. The first-order chi connectivity index (χ1) is 13.7. The molecule has 3 heteroatoms. The van der Waals surface area contributed by atoms with Crippen LogP contribution in [-0.4, -0.2) is 12.5 Å². The van der Waals surface area contributed by atoms with Crippen molar-refractivity contribution in [2.75, 3.05) is 6.61 Å². The average Bonchev–Trinajstić information content (AvgIpc) is 2.70. The van der Waals surface area contributed by atoms with Crippen molar-refractivity contribution in [1.29, 1.82) is 0 Å². The molecule has 0 fully saturated rings. The van der Waals surface area contributed by atoms with Gasteiger partial charge in [0.1, 0.15) is 5.75 Å². The number of nitrogens with two attached hydrogens (primary N) is 1. The molecule has 1 aromatic rings. The molecule has 28 heavy (non-hydrogen) atoms. The van der Waals surface area contributed by atoms with Crippen LogP contribution in [0, 0.1) is 0 Å². The molecule has 2 N–H and O–H groups in total. The summed E-state index contributed by atoms with van der Waals surface area (Å²) in [5.74, 6) is 0.401. The van der Waals surface area contributed by atoms with Crippen LogP contribution in [0.25, 0.3) is 0 Å². The van der Waals surface area contributed by atoms with E-state index in [0.717, 1.165) is 18.8 Å². The van der Waals surface area contributed by atoms with Gasteiger partial charge in [0.25, 0.3) is 0 Å². The van der Waals surface area contributed by atoms with Gasteiger partial charge in [-0.1, -0.05) is 76.9 Å². The zero-order valence-electron chi connectivity index (χ0n) is 18.0. The van der Waals surface area contributed by atoms with Crippen molar-refractivity contribution in [2.24, 2.45) is 5.73 Å². The smallest absolute Gasteiger partial charge is 0.248 e. The number of allylic oxidation sites excluding steroid dienone is 2. The number of carbonyl (C=O) groups is 1. The molecule has 0 spiro atoms. The van der Waals surface area contributed by atoms with Crippen LogP contribution in [0.4, 0.5) is 0 Å². The fraction of sp³-hybridized carbons (Fsp3) is 0.640. The van der Waals surface area contributed by atoms with Crippen LogP contribution in [0.1, 0.15) is 107 Å². The number of amides is 1. The van der Waals surface area contributed by atoms with E-state index in [1.54, 1.807) is 24.3 Å². The number of unbranched alkanes of at least 4 members (excludes halogenated alkanes) is 12. The Balaban J connectivity index is 1.84. The number of ether oxygens (including phenoxy) is 1. The highest BCUT2D eigenvalue weighted by Gasteiger charge is 2.00. The molecule has 0 saturated carbocycles. The molecule has 0 aliphatic carbocycles. The second-order valence-corrected chi connectivity index (χ2v) is 7.67. The van der Waals surface area contributed by atoms with Crippen molar-refractivity contribution in [1.82, 2.24) is 0 Å². The first-order valence-electron chi connectivity index (χ1n) is 11.4. The first-order valence-corrected chi connectivity index (χ1v) is 11.4. The fourth-order valence-corrected chi connectivity index (χ4v) is 3.26. The van der Waals surface area contributed by atoms with E-state index in [2.05, 4.69) is 19.1 Å². The molecular weight excluding hydrogens is 346 g/mol. The van der Waals surface area contributed by atoms with Crippen LogP contribution < -0.4 is 10.5 Å². The van der Waals surface area contributed by atoms with Gasteiger partial charge in [0, 0.05) is 5.56 Å². The lowest BCUT2D eigenvalue weighted by Gasteiger charge is -2.06. The molecule has 1 aromatic carbocycles. The monoisotopic (exact) mass is 387 g/mol. The number of carbonyl (C=O) groups excluding carboxylic acids is 1. The van der Waals surface area contributed by atoms with E-state index < -0.39 is 5.91 Å². The lowest BCUT2D eigenvalue weighted by Crippen LogP contribution is -2.10. The molecule has 1 amide bonds. The Labute approximate surface area is 172 Å². The van der Waals surface area contributed by atoms with Crippen molar-refractivity contribution in [3.05, 3.63) is 42.0 Å². The molecule has 0 heterocycles. The Morgan fingerprint density at radius 1 is 0.786 bits per heavy atom. The number of rotatable bonds is 18. The summed E-state index contributed by atoms with van der Waals surface area (Å²) in [5, 5.41) is 0. The normalized spacial score (nSPS) is 11.2. The standard InChI is InChI=1S/C25H41NO2/c1-2-3-4-5-6-7-8-9-10-11-12-13-14-15-16-17-22-28-24-20-18-23(19-21-24)25(26)27/h9-10,18-21H,2-8,11-17,22H2,1H3,(H2,26,27). The quantitative estimate of drug-likeness (QED) is 0.214. The predicted molar refractivity (Wildman–Crippen MR) is 120 cm³/mol. The van der Waals surface area contributed by atoms with Crippen molar-refractivity contribution in [3.63, 3.8) is 0 Å². The molecule has 0 radical (unpaired) electrons. The Morgan fingerprint density at radius 2 is 1.29 bits per heavy atom. The third-order valence-corrected chi connectivity index (χ3v) is 5.06. The maximum absolute atomic E-state index is 11.0. The molecule has 0 unspecified atom stereocenters.